The first-order valence-electron chi connectivity index (χ1n) is 11.3. The third-order valence-electron chi connectivity index (χ3n) is 7.03. The molecule has 7 rings (SSSR count). The highest BCUT2D eigenvalue weighted by Crippen LogP contribution is 2.46. The number of rotatable bonds is 2. The highest BCUT2D eigenvalue weighted by molar-refractivity contribution is 6.23. The maximum absolute atomic E-state index is 4.57. The number of nitrogens with zero attached hydrogens (tertiary/aromatic N) is 1. The first-order chi connectivity index (χ1) is 15.9. The molecule has 0 radical (unpaired) electrons. The minimum absolute atomic E-state index is 1.14. The van der Waals surface area contributed by atoms with E-state index in [2.05, 4.69) is 96.0 Å². The van der Waals surface area contributed by atoms with Crippen LogP contribution in [0.4, 0.5) is 0 Å². The monoisotopic (exact) mass is 407 g/mol. The molecule has 1 aliphatic rings. The van der Waals surface area contributed by atoms with Crippen LogP contribution in [0.5, 0.6) is 0 Å². The number of pyridine rings is 1. The third-order valence-corrected chi connectivity index (χ3v) is 7.03. The molecule has 0 amide bonds. The molecule has 0 atom stereocenters. The molecule has 0 N–H and O–H groups in total. The fraction of sp³-hybridized carbons (Fsp3) is 0.0645. The normalized spacial score (nSPS) is 12.8. The van der Waals surface area contributed by atoms with Crippen molar-refractivity contribution in [2.24, 2.45) is 0 Å². The maximum atomic E-state index is 4.57. The Balaban J connectivity index is 1.69. The van der Waals surface area contributed by atoms with Crippen LogP contribution in [-0.4, -0.2) is 4.98 Å². The molecule has 0 unspecified atom stereocenters. The lowest BCUT2D eigenvalue weighted by Gasteiger charge is -2.18. The van der Waals surface area contributed by atoms with Crippen molar-refractivity contribution >= 4 is 32.3 Å². The van der Waals surface area contributed by atoms with E-state index < -0.39 is 0 Å². The lowest BCUT2D eigenvalue weighted by Crippen LogP contribution is -1.92. The van der Waals surface area contributed by atoms with Crippen LogP contribution in [0.25, 0.3) is 54.6 Å². The van der Waals surface area contributed by atoms with Crippen molar-refractivity contribution in [2.45, 2.75) is 12.8 Å². The van der Waals surface area contributed by atoms with E-state index in [4.69, 9.17) is 0 Å². The lowest BCUT2D eigenvalue weighted by atomic mass is 9.85. The Kier molecular flexibility index (Phi) is 3.74. The third kappa shape index (κ3) is 2.42. The van der Waals surface area contributed by atoms with Crippen molar-refractivity contribution < 1.29 is 0 Å². The van der Waals surface area contributed by atoms with Crippen LogP contribution >= 0.6 is 0 Å². The van der Waals surface area contributed by atoms with Gasteiger partial charge in [-0.2, -0.15) is 0 Å². The second-order valence-electron chi connectivity index (χ2n) is 8.69. The number of benzene rings is 5. The number of fused-ring (bicyclic) bond motifs is 2. The minimum atomic E-state index is 1.14. The molecule has 5 aromatic carbocycles. The van der Waals surface area contributed by atoms with E-state index in [0.29, 0.717) is 0 Å². The molecule has 1 heterocycles. The van der Waals surface area contributed by atoms with Crippen molar-refractivity contribution in [3.8, 4) is 22.3 Å². The van der Waals surface area contributed by atoms with Gasteiger partial charge in [0.2, 0.25) is 0 Å². The number of aryl methyl sites for hydroxylation is 2. The second kappa shape index (κ2) is 6.77. The van der Waals surface area contributed by atoms with E-state index in [9.17, 15) is 0 Å². The summed E-state index contributed by atoms with van der Waals surface area (Å²) in [4.78, 5) is 4.57. The highest BCUT2D eigenvalue weighted by Gasteiger charge is 2.21. The van der Waals surface area contributed by atoms with Gasteiger partial charge in [0.25, 0.3) is 0 Å². The highest BCUT2D eigenvalue weighted by atomic mass is 14.6. The Morgan fingerprint density at radius 1 is 0.500 bits per heavy atom. The zero-order valence-corrected chi connectivity index (χ0v) is 17.7. The van der Waals surface area contributed by atoms with E-state index in [0.717, 1.165) is 12.8 Å². The van der Waals surface area contributed by atoms with Crippen molar-refractivity contribution in [2.75, 3.05) is 0 Å². The van der Waals surface area contributed by atoms with Crippen LogP contribution in [0.1, 0.15) is 11.1 Å². The van der Waals surface area contributed by atoms with Crippen LogP contribution in [-0.2, 0) is 12.8 Å². The summed E-state index contributed by atoms with van der Waals surface area (Å²) in [6, 6.07) is 33.2. The average Bonchev–Trinajstić information content (AvgIpc) is 3.28. The molecule has 0 saturated heterocycles. The van der Waals surface area contributed by atoms with Gasteiger partial charge in [-0.25, -0.2) is 0 Å². The van der Waals surface area contributed by atoms with Gasteiger partial charge in [0.15, 0.2) is 0 Å². The Morgan fingerprint density at radius 3 is 2.03 bits per heavy atom. The van der Waals surface area contributed by atoms with Gasteiger partial charge in [0, 0.05) is 17.8 Å². The van der Waals surface area contributed by atoms with Gasteiger partial charge in [-0.1, -0.05) is 84.9 Å². The van der Waals surface area contributed by atoms with E-state index >= 15 is 0 Å². The first kappa shape index (κ1) is 17.7. The van der Waals surface area contributed by atoms with Crippen molar-refractivity contribution in [3.05, 3.63) is 115 Å². The fourth-order valence-electron chi connectivity index (χ4n) is 5.69. The lowest BCUT2D eigenvalue weighted by molar-refractivity contribution is 1.02. The molecule has 1 aliphatic carbocycles. The fourth-order valence-corrected chi connectivity index (χ4v) is 5.69. The molecule has 6 aromatic rings. The summed E-state index contributed by atoms with van der Waals surface area (Å²) in [6.07, 6.45) is 6.26. The summed E-state index contributed by atoms with van der Waals surface area (Å²) in [6.45, 7) is 0. The van der Waals surface area contributed by atoms with Gasteiger partial charge >= 0.3 is 0 Å². The molecule has 1 nitrogen and oxygen atoms in total. The Hall–Kier alpha value is -3.97. The molecule has 150 valence electrons. The zero-order valence-electron chi connectivity index (χ0n) is 17.7. The standard InChI is InChI=1S/C31H21N/c1-2-7-20(8-3-1)30-24-10-4-5-11-25(24)31(28-19-32-18-17-27(28)30)26-16-15-22-14-13-21-9-6-12-23(26)29(21)22/h1-12,15-19H,13-14H2. The van der Waals surface area contributed by atoms with Crippen molar-refractivity contribution in [3.63, 3.8) is 0 Å². The van der Waals surface area contributed by atoms with Crippen LogP contribution in [0.3, 0.4) is 0 Å². The molecule has 0 aliphatic heterocycles. The van der Waals surface area contributed by atoms with Crippen molar-refractivity contribution in [1.29, 1.82) is 0 Å². The molecule has 1 aromatic heterocycles. The molecule has 32 heavy (non-hydrogen) atoms. The smallest absolute Gasteiger partial charge is 0.0353 e. The first-order valence-corrected chi connectivity index (χ1v) is 11.3. The molecule has 0 bridgehead atoms. The average molecular weight is 408 g/mol. The van der Waals surface area contributed by atoms with Gasteiger partial charge in [-0.15, -0.1) is 0 Å². The summed E-state index contributed by atoms with van der Waals surface area (Å²) < 4.78 is 0. The van der Waals surface area contributed by atoms with E-state index in [-0.39, 0.29) is 0 Å². The summed E-state index contributed by atoms with van der Waals surface area (Å²) in [5.74, 6) is 0. The minimum Gasteiger partial charge on any atom is -0.264 e. The van der Waals surface area contributed by atoms with E-state index in [1.54, 1.807) is 0 Å². The van der Waals surface area contributed by atoms with Gasteiger partial charge in [0.05, 0.1) is 0 Å². The second-order valence-corrected chi connectivity index (χ2v) is 8.69. The van der Waals surface area contributed by atoms with Crippen LogP contribution in [0.2, 0.25) is 0 Å². The molecule has 0 saturated carbocycles. The number of aromatic nitrogens is 1. The Bertz CT molecular complexity index is 1590. The quantitative estimate of drug-likeness (QED) is 0.265. The molecule has 0 spiro atoms. The van der Waals surface area contributed by atoms with Crippen LogP contribution in [0.15, 0.2) is 103 Å². The van der Waals surface area contributed by atoms with Crippen LogP contribution in [0, 0.1) is 0 Å². The number of hydrogen-bond acceptors (Lipinski definition) is 1. The van der Waals surface area contributed by atoms with Gasteiger partial charge in [-0.05, 0) is 79.2 Å². The van der Waals surface area contributed by atoms with E-state index in [1.807, 2.05) is 12.4 Å². The van der Waals surface area contributed by atoms with Gasteiger partial charge in [-0.3, -0.25) is 4.98 Å². The topological polar surface area (TPSA) is 12.9 Å². The maximum Gasteiger partial charge on any atom is 0.0353 e. The number of hydrogen-bond donors (Lipinski definition) is 0. The Morgan fingerprint density at radius 2 is 1.19 bits per heavy atom. The predicted molar refractivity (Wildman–Crippen MR) is 135 cm³/mol. The predicted octanol–water partition coefficient (Wildman–Crippen LogP) is 7.97. The van der Waals surface area contributed by atoms with Crippen LogP contribution < -0.4 is 0 Å². The largest absolute Gasteiger partial charge is 0.264 e. The summed E-state index contributed by atoms with van der Waals surface area (Å²) in [5, 5.41) is 7.85. The zero-order chi connectivity index (χ0) is 21.1. The molecular formula is C31H21N. The summed E-state index contributed by atoms with van der Waals surface area (Å²) in [7, 11) is 0. The van der Waals surface area contributed by atoms with Gasteiger partial charge < -0.3 is 0 Å². The van der Waals surface area contributed by atoms with Crippen molar-refractivity contribution in [1.82, 2.24) is 4.98 Å². The SMILES string of the molecule is c1ccc(-c2c3ccccc3c(-c3ccc4c5c(cccc35)CC4)c3cnccc23)cc1. The summed E-state index contributed by atoms with van der Waals surface area (Å²) >= 11 is 0. The molecular weight excluding hydrogens is 386 g/mol. The summed E-state index contributed by atoms with van der Waals surface area (Å²) in [5.41, 5.74) is 8.08. The molecule has 1 heteroatoms. The Labute approximate surface area is 187 Å². The van der Waals surface area contributed by atoms with Gasteiger partial charge in [0.1, 0.15) is 0 Å². The van der Waals surface area contributed by atoms with E-state index in [1.165, 1.54) is 65.7 Å². The molecule has 0 fully saturated rings.